The molecule has 4 heteroatoms. The molecule has 1 atom stereocenters. The second-order valence-corrected chi connectivity index (χ2v) is 6.09. The van der Waals surface area contributed by atoms with Crippen molar-refractivity contribution in [3.63, 3.8) is 0 Å². The van der Waals surface area contributed by atoms with Crippen LogP contribution in [0.5, 0.6) is 0 Å². The third-order valence-electron chi connectivity index (χ3n) is 4.04. The van der Waals surface area contributed by atoms with Crippen molar-refractivity contribution in [2.24, 2.45) is 0 Å². The molecular formula is C15H34N4. The zero-order valence-corrected chi connectivity index (χ0v) is 13.5. The number of nitrogens with zero attached hydrogens (tertiary/aromatic N) is 3. The van der Waals surface area contributed by atoms with Crippen LogP contribution in [0, 0.1) is 0 Å². The molecule has 0 aromatic heterocycles. The molecule has 1 fully saturated rings. The Morgan fingerprint density at radius 1 is 1.16 bits per heavy atom. The van der Waals surface area contributed by atoms with Gasteiger partial charge in [0.05, 0.1) is 0 Å². The molecule has 1 heterocycles. The van der Waals surface area contributed by atoms with Crippen LogP contribution in [0.25, 0.3) is 0 Å². The number of hydrogen-bond donors (Lipinski definition) is 1. The summed E-state index contributed by atoms with van der Waals surface area (Å²) in [5.41, 5.74) is 0. The van der Waals surface area contributed by atoms with E-state index < -0.39 is 0 Å². The highest BCUT2D eigenvalue weighted by Crippen LogP contribution is 2.05. The Labute approximate surface area is 120 Å². The van der Waals surface area contributed by atoms with Crippen LogP contribution in [0.1, 0.15) is 26.7 Å². The van der Waals surface area contributed by atoms with Gasteiger partial charge in [0.15, 0.2) is 0 Å². The molecule has 1 saturated heterocycles. The van der Waals surface area contributed by atoms with E-state index in [0.717, 1.165) is 6.54 Å². The van der Waals surface area contributed by atoms with E-state index in [1.807, 2.05) is 0 Å². The van der Waals surface area contributed by atoms with Gasteiger partial charge in [-0.25, -0.2) is 0 Å². The Kier molecular flexibility index (Phi) is 8.62. The summed E-state index contributed by atoms with van der Waals surface area (Å²) < 4.78 is 0. The monoisotopic (exact) mass is 270 g/mol. The van der Waals surface area contributed by atoms with Crippen molar-refractivity contribution in [2.75, 3.05) is 66.5 Å². The van der Waals surface area contributed by atoms with E-state index in [1.165, 1.54) is 58.7 Å². The van der Waals surface area contributed by atoms with Gasteiger partial charge < -0.3 is 10.2 Å². The van der Waals surface area contributed by atoms with Gasteiger partial charge in [0.1, 0.15) is 0 Å². The van der Waals surface area contributed by atoms with Gasteiger partial charge in [-0.2, -0.15) is 0 Å². The van der Waals surface area contributed by atoms with Crippen molar-refractivity contribution in [3.8, 4) is 0 Å². The molecule has 1 aliphatic heterocycles. The Hall–Kier alpha value is -0.160. The number of piperazine rings is 1. The maximum Gasteiger partial charge on any atom is 0.0193 e. The Morgan fingerprint density at radius 2 is 1.84 bits per heavy atom. The van der Waals surface area contributed by atoms with Crippen molar-refractivity contribution >= 4 is 0 Å². The highest BCUT2D eigenvalue weighted by Gasteiger charge is 2.20. The molecule has 114 valence electrons. The van der Waals surface area contributed by atoms with Crippen molar-refractivity contribution in [3.05, 3.63) is 0 Å². The minimum absolute atomic E-state index is 0.674. The second kappa shape index (κ2) is 9.70. The predicted octanol–water partition coefficient (Wildman–Crippen LogP) is 0.944. The summed E-state index contributed by atoms with van der Waals surface area (Å²) in [5, 5.41) is 3.57. The minimum atomic E-state index is 0.674. The van der Waals surface area contributed by atoms with E-state index in [1.54, 1.807) is 0 Å². The van der Waals surface area contributed by atoms with Crippen LogP contribution in [0.15, 0.2) is 0 Å². The molecule has 1 aliphatic rings. The average molecular weight is 270 g/mol. The highest BCUT2D eigenvalue weighted by molar-refractivity contribution is 4.77. The molecule has 1 N–H and O–H groups in total. The van der Waals surface area contributed by atoms with Crippen molar-refractivity contribution in [2.45, 2.75) is 32.7 Å². The Bertz CT molecular complexity index is 212. The molecule has 1 rings (SSSR count). The maximum atomic E-state index is 3.57. The largest absolute Gasteiger partial charge is 0.315 e. The number of rotatable bonds is 9. The SMILES string of the molecule is CCCCNCC(C)N1CCN(CCN(C)C)CC1. The zero-order chi connectivity index (χ0) is 14.1. The van der Waals surface area contributed by atoms with E-state index >= 15 is 0 Å². The molecule has 0 aliphatic carbocycles. The average Bonchev–Trinajstić information content (AvgIpc) is 2.41. The number of unbranched alkanes of at least 4 members (excludes halogenated alkanes) is 1. The number of nitrogens with one attached hydrogen (secondary N) is 1. The highest BCUT2D eigenvalue weighted by atomic mass is 15.3. The van der Waals surface area contributed by atoms with E-state index in [9.17, 15) is 0 Å². The molecule has 0 saturated carbocycles. The van der Waals surface area contributed by atoms with Crippen LogP contribution >= 0.6 is 0 Å². The number of hydrogen-bond acceptors (Lipinski definition) is 4. The molecule has 0 bridgehead atoms. The maximum absolute atomic E-state index is 3.57. The van der Waals surface area contributed by atoms with Gasteiger partial charge >= 0.3 is 0 Å². The molecule has 0 aromatic carbocycles. The van der Waals surface area contributed by atoms with Crippen molar-refractivity contribution < 1.29 is 0 Å². The predicted molar refractivity (Wildman–Crippen MR) is 83.8 cm³/mol. The van der Waals surface area contributed by atoms with Crippen LogP contribution in [0.3, 0.4) is 0 Å². The number of likely N-dealkylation sites (N-methyl/N-ethyl adjacent to an activating group) is 1. The molecule has 19 heavy (non-hydrogen) atoms. The van der Waals surface area contributed by atoms with Crippen LogP contribution < -0.4 is 5.32 Å². The van der Waals surface area contributed by atoms with E-state index in [2.05, 4.69) is 48.0 Å². The summed E-state index contributed by atoms with van der Waals surface area (Å²) in [4.78, 5) is 7.49. The van der Waals surface area contributed by atoms with Gasteiger partial charge in [-0.15, -0.1) is 0 Å². The zero-order valence-electron chi connectivity index (χ0n) is 13.5. The van der Waals surface area contributed by atoms with E-state index in [0.29, 0.717) is 6.04 Å². The van der Waals surface area contributed by atoms with Crippen molar-refractivity contribution in [1.29, 1.82) is 0 Å². The quantitative estimate of drug-likeness (QED) is 0.630. The van der Waals surface area contributed by atoms with E-state index in [4.69, 9.17) is 0 Å². The first-order chi connectivity index (χ1) is 9.13. The lowest BCUT2D eigenvalue weighted by atomic mass is 10.2. The van der Waals surface area contributed by atoms with Crippen LogP contribution in [0.2, 0.25) is 0 Å². The molecule has 0 spiro atoms. The summed E-state index contributed by atoms with van der Waals surface area (Å²) >= 11 is 0. The lowest BCUT2D eigenvalue weighted by molar-refractivity contribution is 0.0971. The van der Waals surface area contributed by atoms with Gasteiger partial charge in [-0.05, 0) is 34.0 Å². The molecule has 4 nitrogen and oxygen atoms in total. The van der Waals surface area contributed by atoms with Crippen LogP contribution in [-0.4, -0.2) is 87.2 Å². The van der Waals surface area contributed by atoms with Crippen LogP contribution in [-0.2, 0) is 0 Å². The molecule has 0 aromatic rings. The van der Waals surface area contributed by atoms with Gasteiger partial charge in [-0.3, -0.25) is 9.80 Å². The summed E-state index contributed by atoms with van der Waals surface area (Å²) in [6, 6.07) is 0.674. The Morgan fingerprint density at radius 3 is 2.42 bits per heavy atom. The summed E-state index contributed by atoms with van der Waals surface area (Å²) in [6.07, 6.45) is 2.58. The van der Waals surface area contributed by atoms with Gasteiger partial charge in [0.2, 0.25) is 0 Å². The normalized spacial score (nSPS) is 20.1. The third kappa shape index (κ3) is 7.25. The van der Waals surface area contributed by atoms with E-state index in [-0.39, 0.29) is 0 Å². The first-order valence-electron chi connectivity index (χ1n) is 7.95. The summed E-state index contributed by atoms with van der Waals surface area (Å²) in [6.45, 7) is 14.2. The standard InChI is InChI=1S/C15H34N4/c1-5-6-7-16-14-15(2)19-12-10-18(11-13-19)9-8-17(3)4/h15-16H,5-14H2,1-4H3. The minimum Gasteiger partial charge on any atom is -0.315 e. The van der Waals surface area contributed by atoms with Crippen molar-refractivity contribution in [1.82, 2.24) is 20.0 Å². The Balaban J connectivity index is 2.11. The van der Waals surface area contributed by atoms with Gasteiger partial charge in [0.25, 0.3) is 0 Å². The molecule has 0 radical (unpaired) electrons. The molecule has 0 amide bonds. The van der Waals surface area contributed by atoms with Gasteiger partial charge in [0, 0.05) is 51.9 Å². The van der Waals surface area contributed by atoms with Crippen LogP contribution in [0.4, 0.5) is 0 Å². The summed E-state index contributed by atoms with van der Waals surface area (Å²) in [5.74, 6) is 0. The lowest BCUT2D eigenvalue weighted by Gasteiger charge is -2.38. The first kappa shape index (κ1) is 16.9. The fourth-order valence-electron chi connectivity index (χ4n) is 2.51. The second-order valence-electron chi connectivity index (χ2n) is 6.09. The topological polar surface area (TPSA) is 21.8 Å². The molecule has 1 unspecified atom stereocenters. The molecular weight excluding hydrogens is 236 g/mol. The lowest BCUT2D eigenvalue weighted by Crippen LogP contribution is -2.52. The smallest absolute Gasteiger partial charge is 0.0193 e. The van der Waals surface area contributed by atoms with Gasteiger partial charge in [-0.1, -0.05) is 13.3 Å². The summed E-state index contributed by atoms with van der Waals surface area (Å²) in [7, 11) is 4.31. The fourth-order valence-corrected chi connectivity index (χ4v) is 2.51. The first-order valence-corrected chi connectivity index (χ1v) is 7.95. The fraction of sp³-hybridized carbons (Fsp3) is 1.00. The third-order valence-corrected chi connectivity index (χ3v) is 4.04.